The molecule has 0 fully saturated rings. The van der Waals surface area contributed by atoms with Gasteiger partial charge in [-0.2, -0.15) is 8.42 Å². The van der Waals surface area contributed by atoms with Crippen molar-refractivity contribution in [2.45, 2.75) is 0 Å². The van der Waals surface area contributed by atoms with Crippen LogP contribution < -0.4 is 0 Å². The topological polar surface area (TPSA) is 91.7 Å². The number of aliphatic hydroxyl groups is 1. The second-order valence-electron chi connectivity index (χ2n) is 1.01. The number of carbonyl (C=O) groups is 1. The summed E-state index contributed by atoms with van der Waals surface area (Å²) < 4.78 is 27.0. The Hall–Kier alpha value is -0.460. The Balaban J connectivity index is 4.29. The Morgan fingerprint density at radius 3 is 1.88 bits per heavy atom. The van der Waals surface area contributed by atoms with Gasteiger partial charge in [0.25, 0.3) is 5.12 Å². The van der Waals surface area contributed by atoms with Gasteiger partial charge >= 0.3 is 10.1 Å². The summed E-state index contributed by atoms with van der Waals surface area (Å²) in [5.41, 5.74) is 0. The molecule has 0 heterocycles. The van der Waals surface area contributed by atoms with Gasteiger partial charge in [-0.1, -0.05) is 0 Å². The van der Waals surface area contributed by atoms with E-state index in [1.165, 1.54) is 0 Å². The van der Waals surface area contributed by atoms with Gasteiger partial charge in [0.15, 0.2) is 0 Å². The molecule has 0 aromatic carbocycles. The third-order valence-electron chi connectivity index (χ3n) is 0.417. The minimum absolute atomic E-state index is 1.18. The van der Waals surface area contributed by atoms with Crippen molar-refractivity contribution in [1.29, 1.82) is 0 Å². The molecule has 48 valence electrons. The summed E-state index contributed by atoms with van der Waals surface area (Å²) in [6.07, 6.45) is 0. The van der Waals surface area contributed by atoms with Gasteiger partial charge in [-0.15, -0.1) is 0 Å². The Bertz CT molecular complexity index is 177. The lowest BCUT2D eigenvalue weighted by molar-refractivity contribution is -0.114. The molecule has 5 nitrogen and oxygen atoms in total. The Kier molecular flexibility index (Phi) is 2.08. The van der Waals surface area contributed by atoms with E-state index in [-0.39, 0.29) is 0 Å². The van der Waals surface area contributed by atoms with Crippen LogP contribution in [0.4, 0.5) is 0 Å². The van der Waals surface area contributed by atoms with E-state index in [9.17, 15) is 13.2 Å². The highest BCUT2D eigenvalue weighted by molar-refractivity contribution is 8.01. The lowest BCUT2D eigenvalue weighted by Gasteiger charge is -1.85. The van der Waals surface area contributed by atoms with Crippen molar-refractivity contribution < 1.29 is 22.9 Å². The Morgan fingerprint density at radius 1 is 1.50 bits per heavy atom. The largest absolute Gasteiger partial charge is 0.387 e. The SMILES string of the molecule is O=C(CO)S(=O)(=O)O. The molecule has 0 saturated heterocycles. The van der Waals surface area contributed by atoms with Crippen molar-refractivity contribution >= 4 is 15.2 Å². The highest BCUT2D eigenvalue weighted by Gasteiger charge is 2.15. The Labute approximate surface area is 45.7 Å². The number of hydrogen-bond donors (Lipinski definition) is 2. The first-order valence-corrected chi connectivity index (χ1v) is 3.03. The molecule has 0 aliphatic carbocycles. The maximum atomic E-state index is 9.75. The summed E-state index contributed by atoms with van der Waals surface area (Å²) >= 11 is 0. The van der Waals surface area contributed by atoms with Crippen LogP contribution in [-0.4, -0.2) is 29.8 Å². The molecule has 0 unspecified atom stereocenters. The lowest BCUT2D eigenvalue weighted by Crippen LogP contribution is -2.16. The molecular formula is C2H4O5S. The molecule has 0 saturated carbocycles. The van der Waals surface area contributed by atoms with Gasteiger partial charge in [0.05, 0.1) is 0 Å². The molecule has 2 N–H and O–H groups in total. The summed E-state index contributed by atoms with van der Waals surface area (Å²) in [6.45, 7) is -1.18. The maximum absolute atomic E-state index is 9.75. The zero-order valence-corrected chi connectivity index (χ0v) is 4.55. The molecule has 0 amide bonds. The second-order valence-corrected chi connectivity index (χ2v) is 2.41. The smallest absolute Gasteiger partial charge is 0.331 e. The first-order chi connectivity index (χ1) is 3.48. The number of aliphatic hydroxyl groups excluding tert-OH is 1. The van der Waals surface area contributed by atoms with Crippen LogP contribution in [0.2, 0.25) is 0 Å². The summed E-state index contributed by atoms with van der Waals surface area (Å²) in [6, 6.07) is 0. The van der Waals surface area contributed by atoms with Crippen molar-refractivity contribution in [2.75, 3.05) is 6.61 Å². The van der Waals surface area contributed by atoms with E-state index in [2.05, 4.69) is 0 Å². The molecular weight excluding hydrogens is 136 g/mol. The third kappa shape index (κ3) is 2.01. The molecule has 0 aromatic heterocycles. The fourth-order valence-corrected chi connectivity index (χ4v) is 0.245. The molecule has 0 aromatic rings. The van der Waals surface area contributed by atoms with Gasteiger partial charge in [-0.3, -0.25) is 9.35 Å². The average molecular weight is 140 g/mol. The predicted octanol–water partition coefficient (Wildman–Crippen LogP) is -1.61. The van der Waals surface area contributed by atoms with E-state index in [1.54, 1.807) is 0 Å². The van der Waals surface area contributed by atoms with Gasteiger partial charge in [0.1, 0.15) is 6.61 Å². The highest BCUT2D eigenvalue weighted by atomic mass is 32.2. The fraction of sp³-hybridized carbons (Fsp3) is 0.500. The van der Waals surface area contributed by atoms with Crippen molar-refractivity contribution in [3.05, 3.63) is 0 Å². The van der Waals surface area contributed by atoms with Gasteiger partial charge in [-0.05, 0) is 0 Å². The van der Waals surface area contributed by atoms with Gasteiger partial charge < -0.3 is 5.11 Å². The van der Waals surface area contributed by atoms with Crippen LogP contribution in [0.1, 0.15) is 0 Å². The van der Waals surface area contributed by atoms with Gasteiger partial charge in [0.2, 0.25) is 0 Å². The molecule has 0 spiro atoms. The summed E-state index contributed by atoms with van der Waals surface area (Å²) in [4.78, 5) is 9.75. The highest BCUT2D eigenvalue weighted by Crippen LogP contribution is 1.80. The summed E-state index contributed by atoms with van der Waals surface area (Å²) in [5, 5.41) is 6.20. The summed E-state index contributed by atoms with van der Waals surface area (Å²) in [5.74, 6) is 0. The van der Waals surface area contributed by atoms with Crippen molar-refractivity contribution in [3.63, 3.8) is 0 Å². The zero-order chi connectivity index (χ0) is 6.78. The van der Waals surface area contributed by atoms with Crippen LogP contribution in [0.3, 0.4) is 0 Å². The minimum Gasteiger partial charge on any atom is -0.387 e. The molecule has 0 atom stereocenters. The molecule has 0 aliphatic heterocycles. The van der Waals surface area contributed by atoms with Crippen molar-refractivity contribution in [2.24, 2.45) is 0 Å². The van der Waals surface area contributed by atoms with E-state index < -0.39 is 21.8 Å². The Morgan fingerprint density at radius 2 is 1.88 bits per heavy atom. The molecule has 8 heavy (non-hydrogen) atoms. The first-order valence-electron chi connectivity index (χ1n) is 1.59. The first kappa shape index (κ1) is 7.54. The van der Waals surface area contributed by atoms with E-state index in [0.29, 0.717) is 0 Å². The normalized spacial score (nSPS) is 11.2. The van der Waals surface area contributed by atoms with Crippen LogP contribution in [0, 0.1) is 0 Å². The minimum atomic E-state index is -4.64. The van der Waals surface area contributed by atoms with Gasteiger partial charge in [0, 0.05) is 0 Å². The fourth-order valence-electron chi connectivity index (χ4n) is 0.0816. The van der Waals surface area contributed by atoms with Crippen LogP contribution in [0.25, 0.3) is 0 Å². The molecule has 6 heteroatoms. The molecule has 0 radical (unpaired) electrons. The van der Waals surface area contributed by atoms with Crippen LogP contribution in [-0.2, 0) is 14.9 Å². The predicted molar refractivity (Wildman–Crippen MR) is 23.6 cm³/mol. The quantitative estimate of drug-likeness (QED) is 0.427. The molecule has 0 rings (SSSR count). The van der Waals surface area contributed by atoms with Crippen molar-refractivity contribution in [3.8, 4) is 0 Å². The maximum Gasteiger partial charge on any atom is 0.331 e. The average Bonchev–Trinajstić information content (AvgIpc) is 1.62. The van der Waals surface area contributed by atoms with E-state index in [0.717, 1.165) is 0 Å². The monoisotopic (exact) mass is 140 g/mol. The van der Waals surface area contributed by atoms with E-state index >= 15 is 0 Å². The zero-order valence-electron chi connectivity index (χ0n) is 3.73. The number of carbonyl (C=O) groups excluding carboxylic acids is 1. The van der Waals surface area contributed by atoms with Gasteiger partial charge in [-0.25, -0.2) is 0 Å². The molecule has 0 aliphatic rings. The number of rotatable bonds is 1. The standard InChI is InChI=1S/C2H4O5S/c3-1-2(4)8(5,6)7/h3H,1H2,(H,5,6,7). The number of hydrogen-bond acceptors (Lipinski definition) is 4. The lowest BCUT2D eigenvalue weighted by atomic mass is 10.8. The van der Waals surface area contributed by atoms with E-state index in [4.69, 9.17) is 9.66 Å². The molecule has 0 bridgehead atoms. The third-order valence-corrected chi connectivity index (χ3v) is 1.12. The summed E-state index contributed by atoms with van der Waals surface area (Å²) in [7, 11) is -4.64. The van der Waals surface area contributed by atoms with Crippen LogP contribution in [0.5, 0.6) is 0 Å². The van der Waals surface area contributed by atoms with Crippen molar-refractivity contribution in [1.82, 2.24) is 0 Å². The van der Waals surface area contributed by atoms with Crippen LogP contribution in [0.15, 0.2) is 0 Å². The van der Waals surface area contributed by atoms with Crippen LogP contribution >= 0.6 is 0 Å². The second kappa shape index (κ2) is 2.21. The van der Waals surface area contributed by atoms with E-state index in [1.807, 2.05) is 0 Å².